The minimum atomic E-state index is -0.848. The van der Waals surface area contributed by atoms with Crippen LogP contribution in [0.15, 0.2) is 36.5 Å². The number of allylic oxidation sites excluding steroid dienone is 5. The highest BCUT2D eigenvalue weighted by Gasteiger charge is 2.18. The summed E-state index contributed by atoms with van der Waals surface area (Å²) in [5.41, 5.74) is 0. The molecule has 394 valence electrons. The van der Waals surface area contributed by atoms with Crippen molar-refractivity contribution in [1.82, 2.24) is 5.32 Å². The Morgan fingerprint density at radius 3 is 1.10 bits per heavy atom. The van der Waals surface area contributed by atoms with E-state index in [1.54, 1.807) is 6.08 Å². The van der Waals surface area contributed by atoms with Gasteiger partial charge in [0.05, 0.1) is 25.4 Å². The molecule has 0 aliphatic heterocycles. The fraction of sp³-hybridized carbons (Fsp3) is 0.869. The monoisotopic (exact) mass is 942 g/mol. The SMILES string of the molecule is CCCC/C=C\CCCCCCCC(=O)OCCCCCCCCCCCCCC/C=C\CCCCCCCCCC(=O)NC(CO)C(O)/C=C/CCCCCCCCCCCCCCCC. The van der Waals surface area contributed by atoms with Crippen molar-refractivity contribution in [3.05, 3.63) is 36.5 Å². The van der Waals surface area contributed by atoms with Gasteiger partial charge < -0.3 is 20.3 Å². The number of rotatable bonds is 55. The van der Waals surface area contributed by atoms with Gasteiger partial charge in [0.1, 0.15) is 0 Å². The molecule has 0 aromatic heterocycles. The predicted octanol–water partition coefficient (Wildman–Crippen LogP) is 18.4. The first-order chi connectivity index (χ1) is 33.0. The lowest BCUT2D eigenvalue weighted by Gasteiger charge is -2.20. The summed E-state index contributed by atoms with van der Waals surface area (Å²) in [6.07, 6.45) is 70.3. The second-order valence-electron chi connectivity index (χ2n) is 20.3. The van der Waals surface area contributed by atoms with Crippen LogP contribution in [0, 0.1) is 0 Å². The first-order valence-electron chi connectivity index (χ1n) is 29.8. The zero-order valence-corrected chi connectivity index (χ0v) is 44.9. The van der Waals surface area contributed by atoms with Gasteiger partial charge in [-0.3, -0.25) is 9.59 Å². The average Bonchev–Trinajstić information content (AvgIpc) is 3.33. The van der Waals surface area contributed by atoms with E-state index < -0.39 is 12.1 Å². The van der Waals surface area contributed by atoms with Gasteiger partial charge in [-0.2, -0.15) is 0 Å². The van der Waals surface area contributed by atoms with Gasteiger partial charge in [0.15, 0.2) is 0 Å². The first kappa shape index (κ1) is 65.1. The summed E-state index contributed by atoms with van der Waals surface area (Å²) in [6, 6.07) is -0.632. The van der Waals surface area contributed by atoms with Crippen molar-refractivity contribution in [3.63, 3.8) is 0 Å². The number of aliphatic hydroxyl groups is 2. The van der Waals surface area contributed by atoms with Gasteiger partial charge in [0.2, 0.25) is 5.91 Å². The van der Waals surface area contributed by atoms with Crippen LogP contribution < -0.4 is 5.32 Å². The summed E-state index contributed by atoms with van der Waals surface area (Å²) in [5, 5.41) is 23.1. The number of hydrogen-bond donors (Lipinski definition) is 3. The number of ether oxygens (including phenoxy) is 1. The quantitative estimate of drug-likeness (QED) is 0.0321. The third-order valence-electron chi connectivity index (χ3n) is 13.6. The van der Waals surface area contributed by atoms with Crippen LogP contribution in [0.4, 0.5) is 0 Å². The first-order valence-corrected chi connectivity index (χ1v) is 29.8. The molecule has 0 heterocycles. The normalized spacial score (nSPS) is 12.8. The fourth-order valence-corrected chi connectivity index (χ4v) is 9.02. The lowest BCUT2D eigenvalue weighted by atomic mass is 10.0. The molecule has 0 aliphatic carbocycles. The Morgan fingerprint density at radius 1 is 0.403 bits per heavy atom. The molecule has 6 heteroatoms. The van der Waals surface area contributed by atoms with Gasteiger partial charge in [-0.15, -0.1) is 0 Å². The van der Waals surface area contributed by atoms with Crippen LogP contribution in [0.1, 0.15) is 316 Å². The van der Waals surface area contributed by atoms with Crippen LogP contribution in [0.2, 0.25) is 0 Å². The van der Waals surface area contributed by atoms with Gasteiger partial charge >= 0.3 is 5.97 Å². The van der Waals surface area contributed by atoms with E-state index in [0.717, 1.165) is 51.4 Å². The summed E-state index contributed by atoms with van der Waals surface area (Å²) >= 11 is 0. The summed E-state index contributed by atoms with van der Waals surface area (Å²) in [5.74, 6) is -0.0737. The number of unbranched alkanes of at least 4 members (excludes halogenated alkanes) is 40. The van der Waals surface area contributed by atoms with Crippen LogP contribution >= 0.6 is 0 Å². The van der Waals surface area contributed by atoms with E-state index in [0.29, 0.717) is 19.4 Å². The van der Waals surface area contributed by atoms with Gasteiger partial charge in [0, 0.05) is 12.8 Å². The number of esters is 1. The summed E-state index contributed by atoms with van der Waals surface area (Å²) in [6.45, 7) is 4.87. The molecule has 0 saturated heterocycles. The molecule has 3 N–H and O–H groups in total. The van der Waals surface area contributed by atoms with Crippen molar-refractivity contribution in [1.29, 1.82) is 0 Å². The average molecular weight is 943 g/mol. The third-order valence-corrected chi connectivity index (χ3v) is 13.6. The molecule has 0 aliphatic rings. The third kappa shape index (κ3) is 53.3. The highest BCUT2D eigenvalue weighted by molar-refractivity contribution is 5.76. The van der Waals surface area contributed by atoms with Crippen LogP contribution in [0.25, 0.3) is 0 Å². The smallest absolute Gasteiger partial charge is 0.305 e. The minimum Gasteiger partial charge on any atom is -0.466 e. The molecule has 0 spiro atoms. The standard InChI is InChI=1S/C61H115NO5/c1-3-5-7-9-11-13-15-16-17-27-30-34-37-41-45-49-53-59(64)58(57-63)62-60(65)54-50-46-42-38-35-31-28-25-23-21-19-18-20-22-24-26-29-32-36-40-44-48-52-56-67-61(66)55-51-47-43-39-33-14-12-10-8-6-4-2/h10,12,21,23,49,53,58-59,63-64H,3-9,11,13-20,22,24-48,50-52,54-57H2,1-2H3,(H,62,65)/b12-10-,23-21-,53-49+. The lowest BCUT2D eigenvalue weighted by Crippen LogP contribution is -2.45. The maximum atomic E-state index is 12.5. The molecule has 2 atom stereocenters. The highest BCUT2D eigenvalue weighted by Crippen LogP contribution is 2.16. The zero-order valence-electron chi connectivity index (χ0n) is 44.9. The van der Waals surface area contributed by atoms with Crippen LogP contribution in [-0.4, -0.2) is 47.4 Å². The van der Waals surface area contributed by atoms with E-state index in [-0.39, 0.29) is 18.5 Å². The lowest BCUT2D eigenvalue weighted by molar-refractivity contribution is -0.143. The molecular weight excluding hydrogens is 827 g/mol. The van der Waals surface area contributed by atoms with Crippen LogP contribution in [0.5, 0.6) is 0 Å². The molecular formula is C61H115NO5. The van der Waals surface area contributed by atoms with Crippen LogP contribution in [-0.2, 0) is 14.3 Å². The Kier molecular flexibility index (Phi) is 55.0. The van der Waals surface area contributed by atoms with E-state index in [4.69, 9.17) is 4.74 Å². The molecule has 6 nitrogen and oxygen atoms in total. The second-order valence-corrected chi connectivity index (χ2v) is 20.3. The number of amides is 1. The van der Waals surface area contributed by atoms with Crippen molar-refractivity contribution >= 4 is 11.9 Å². The number of carbonyl (C=O) groups is 2. The molecule has 2 unspecified atom stereocenters. The van der Waals surface area contributed by atoms with Gasteiger partial charge in [0.25, 0.3) is 0 Å². The molecule has 1 amide bonds. The molecule has 0 bridgehead atoms. The molecule has 0 saturated carbocycles. The predicted molar refractivity (Wildman–Crippen MR) is 292 cm³/mol. The van der Waals surface area contributed by atoms with Crippen LogP contribution in [0.3, 0.4) is 0 Å². The number of carbonyl (C=O) groups excluding carboxylic acids is 2. The maximum absolute atomic E-state index is 12.5. The zero-order chi connectivity index (χ0) is 48.6. The molecule has 0 aromatic carbocycles. The summed E-state index contributed by atoms with van der Waals surface area (Å²) in [7, 11) is 0. The molecule has 0 fully saturated rings. The van der Waals surface area contributed by atoms with Crippen molar-refractivity contribution in [2.45, 2.75) is 328 Å². The number of aliphatic hydroxyl groups excluding tert-OH is 2. The molecule has 0 rings (SSSR count). The van der Waals surface area contributed by atoms with Crippen molar-refractivity contribution in [2.75, 3.05) is 13.2 Å². The van der Waals surface area contributed by atoms with E-state index in [9.17, 15) is 19.8 Å². The topological polar surface area (TPSA) is 95.9 Å². The highest BCUT2D eigenvalue weighted by atomic mass is 16.5. The maximum Gasteiger partial charge on any atom is 0.305 e. The Bertz CT molecular complexity index is 1090. The number of nitrogens with one attached hydrogen (secondary N) is 1. The molecule has 0 radical (unpaired) electrons. The van der Waals surface area contributed by atoms with E-state index in [1.807, 2.05) is 6.08 Å². The molecule has 67 heavy (non-hydrogen) atoms. The fourth-order valence-electron chi connectivity index (χ4n) is 9.02. The Morgan fingerprint density at radius 2 is 0.716 bits per heavy atom. The minimum absolute atomic E-state index is 0.000373. The van der Waals surface area contributed by atoms with Crippen molar-refractivity contribution in [3.8, 4) is 0 Å². The Balaban J connectivity index is 3.45. The largest absolute Gasteiger partial charge is 0.466 e. The van der Waals surface area contributed by atoms with E-state index in [1.165, 1.54) is 238 Å². The summed E-state index contributed by atoms with van der Waals surface area (Å²) in [4.78, 5) is 24.4. The van der Waals surface area contributed by atoms with Gasteiger partial charge in [-0.05, 0) is 77.0 Å². The van der Waals surface area contributed by atoms with E-state index >= 15 is 0 Å². The second kappa shape index (κ2) is 56.7. The number of hydrogen-bond acceptors (Lipinski definition) is 5. The van der Waals surface area contributed by atoms with Gasteiger partial charge in [-0.25, -0.2) is 0 Å². The van der Waals surface area contributed by atoms with Crippen molar-refractivity contribution < 1.29 is 24.5 Å². The van der Waals surface area contributed by atoms with E-state index in [2.05, 4.69) is 43.5 Å². The van der Waals surface area contributed by atoms with Crippen molar-refractivity contribution in [2.24, 2.45) is 0 Å². The molecule has 0 aromatic rings. The Labute approximate surface area is 417 Å². The van der Waals surface area contributed by atoms with Gasteiger partial charge in [-0.1, -0.05) is 262 Å². The Hall–Kier alpha value is -1.92. The summed E-state index contributed by atoms with van der Waals surface area (Å²) < 4.78 is 5.45.